The molecule has 6 aromatic carbocycles. The lowest BCUT2D eigenvalue weighted by atomic mass is 10.1. The summed E-state index contributed by atoms with van der Waals surface area (Å²) in [4.78, 5) is 10.3. The van der Waals surface area contributed by atoms with E-state index in [4.69, 9.17) is 16.6 Å². The summed E-state index contributed by atoms with van der Waals surface area (Å²) in [6.07, 6.45) is 0. The largest absolute Gasteiger partial charge is 0.309 e. The lowest BCUT2D eigenvalue weighted by molar-refractivity contribution is 1.25. The lowest BCUT2D eigenvalue weighted by Crippen LogP contribution is -2.14. The monoisotopic (exact) mass is 592 g/mol. The van der Waals surface area contributed by atoms with Crippen LogP contribution in [0.25, 0.3) is 26.2 Å². The molecule has 0 aliphatic carbocycles. The molecule has 0 saturated carbocycles. The van der Waals surface area contributed by atoms with E-state index < -0.39 is 0 Å². The molecule has 0 fully saturated rings. The number of benzene rings is 6. The molecule has 0 spiro atoms. The zero-order valence-corrected chi connectivity index (χ0v) is 24.6. The van der Waals surface area contributed by atoms with Crippen LogP contribution in [0.2, 0.25) is 5.02 Å². The number of aromatic nitrogens is 2. The number of fused-ring (bicyclic) bond motifs is 5. The van der Waals surface area contributed by atoms with Crippen LogP contribution in [0.5, 0.6) is 0 Å². The molecule has 8 aromatic rings. The van der Waals surface area contributed by atoms with E-state index in [2.05, 4.69) is 142 Å². The molecule has 4 nitrogen and oxygen atoms in total. The van der Waals surface area contributed by atoms with Crippen molar-refractivity contribution >= 4 is 83.3 Å². The van der Waals surface area contributed by atoms with Crippen LogP contribution in [-0.4, -0.2) is 9.38 Å². The summed E-state index contributed by atoms with van der Waals surface area (Å²) in [5, 5.41) is 0.655. The van der Waals surface area contributed by atoms with Crippen molar-refractivity contribution in [2.75, 3.05) is 9.80 Å². The average molecular weight is 593 g/mol. The molecule has 0 amide bonds. The second-order valence-electron chi connectivity index (χ2n) is 10.3. The maximum atomic E-state index is 7.45. The zero-order chi connectivity index (χ0) is 28.8. The summed E-state index contributed by atoms with van der Waals surface area (Å²) < 4.78 is 3.44. The molecule has 0 aliphatic heterocycles. The Bertz CT molecular complexity index is 2170. The summed E-state index contributed by atoms with van der Waals surface area (Å²) in [7, 11) is 0. The topological polar surface area (TPSA) is 23.8 Å². The second kappa shape index (κ2) is 10.6. The molecule has 2 aromatic heterocycles. The van der Waals surface area contributed by atoms with E-state index in [1.165, 1.54) is 4.70 Å². The van der Waals surface area contributed by atoms with Crippen molar-refractivity contribution in [1.82, 2.24) is 9.38 Å². The molecule has 0 N–H and O–H groups in total. The van der Waals surface area contributed by atoms with Crippen LogP contribution in [0.4, 0.5) is 34.1 Å². The van der Waals surface area contributed by atoms with E-state index in [0.717, 1.165) is 55.6 Å². The average Bonchev–Trinajstić information content (AvgIpc) is 3.60. The normalized spacial score (nSPS) is 11.4. The predicted molar refractivity (Wildman–Crippen MR) is 182 cm³/mol. The minimum absolute atomic E-state index is 0.655. The van der Waals surface area contributed by atoms with Crippen LogP contribution in [0, 0.1) is 0 Å². The van der Waals surface area contributed by atoms with Gasteiger partial charge in [0.2, 0.25) is 0 Å². The summed E-state index contributed by atoms with van der Waals surface area (Å²) in [5.74, 6) is 0. The Hall–Kier alpha value is -5.10. The Labute approximate surface area is 258 Å². The van der Waals surface area contributed by atoms with Crippen molar-refractivity contribution in [1.29, 1.82) is 0 Å². The van der Waals surface area contributed by atoms with Gasteiger partial charge in [-0.1, -0.05) is 95.7 Å². The van der Waals surface area contributed by atoms with E-state index in [9.17, 15) is 0 Å². The first kappa shape index (κ1) is 25.6. The number of hydrogen-bond acceptors (Lipinski definition) is 4. The number of halogens is 1. The molecule has 0 saturated heterocycles. The third-order valence-corrected chi connectivity index (χ3v) is 9.06. The standard InChI is InChI=1S/C37H25ClN4S/c38-36-32(40(26-13-4-1-5-14-26)27-15-6-2-7-16-27)21-12-22-33(36)41(28-17-8-3-9-18-28)29-23-24-35-34(25-29)42-31-20-11-10-19-30(31)39-37(42)43-35/h1-25H. The molecule has 0 atom stereocenters. The van der Waals surface area contributed by atoms with E-state index in [1.807, 2.05) is 24.3 Å². The minimum atomic E-state index is 0.655. The second-order valence-corrected chi connectivity index (χ2v) is 11.6. The van der Waals surface area contributed by atoms with Crippen molar-refractivity contribution in [3.05, 3.63) is 157 Å². The summed E-state index contributed by atoms with van der Waals surface area (Å²) in [6.45, 7) is 0. The molecule has 0 radical (unpaired) electrons. The van der Waals surface area contributed by atoms with Crippen molar-refractivity contribution in [2.45, 2.75) is 0 Å². The molecule has 0 bridgehead atoms. The van der Waals surface area contributed by atoms with Crippen molar-refractivity contribution in [2.24, 2.45) is 0 Å². The Balaban J connectivity index is 1.34. The van der Waals surface area contributed by atoms with E-state index in [1.54, 1.807) is 11.3 Å². The van der Waals surface area contributed by atoms with Gasteiger partial charge in [-0.05, 0) is 78.9 Å². The number of imidazole rings is 1. The fraction of sp³-hybridized carbons (Fsp3) is 0. The van der Waals surface area contributed by atoms with Gasteiger partial charge in [0.05, 0.1) is 37.6 Å². The van der Waals surface area contributed by atoms with Crippen LogP contribution in [-0.2, 0) is 0 Å². The van der Waals surface area contributed by atoms with Crippen LogP contribution < -0.4 is 9.80 Å². The number of rotatable bonds is 6. The van der Waals surface area contributed by atoms with Crippen molar-refractivity contribution in [3.8, 4) is 0 Å². The fourth-order valence-electron chi connectivity index (χ4n) is 5.75. The van der Waals surface area contributed by atoms with E-state index in [0.29, 0.717) is 5.02 Å². The van der Waals surface area contributed by atoms with Gasteiger partial charge in [-0.3, -0.25) is 4.40 Å². The number of para-hydroxylation sites is 5. The smallest absolute Gasteiger partial charge is 0.195 e. The van der Waals surface area contributed by atoms with Gasteiger partial charge in [-0.25, -0.2) is 4.98 Å². The molecule has 8 rings (SSSR count). The van der Waals surface area contributed by atoms with Crippen molar-refractivity contribution in [3.63, 3.8) is 0 Å². The first-order valence-corrected chi connectivity index (χ1v) is 15.3. The molecule has 206 valence electrons. The first-order chi connectivity index (χ1) is 21.3. The maximum absolute atomic E-state index is 7.45. The van der Waals surface area contributed by atoms with Gasteiger partial charge in [0, 0.05) is 22.7 Å². The highest BCUT2D eigenvalue weighted by Crippen LogP contribution is 2.47. The number of hydrogen-bond donors (Lipinski definition) is 0. The molecular weight excluding hydrogens is 568 g/mol. The number of nitrogens with zero attached hydrogens (tertiary/aromatic N) is 4. The summed E-state index contributed by atoms with van der Waals surface area (Å²) in [5.41, 5.74) is 9.12. The highest BCUT2D eigenvalue weighted by atomic mass is 35.5. The minimum Gasteiger partial charge on any atom is -0.309 e. The number of thiazole rings is 1. The van der Waals surface area contributed by atoms with E-state index >= 15 is 0 Å². The Morgan fingerprint density at radius 2 is 1.05 bits per heavy atom. The first-order valence-electron chi connectivity index (χ1n) is 14.1. The van der Waals surface area contributed by atoms with Gasteiger partial charge in [0.15, 0.2) is 4.96 Å². The van der Waals surface area contributed by atoms with Crippen LogP contribution in [0.15, 0.2) is 152 Å². The Morgan fingerprint density at radius 1 is 0.512 bits per heavy atom. The lowest BCUT2D eigenvalue weighted by Gasteiger charge is -2.31. The molecule has 0 unspecified atom stereocenters. The van der Waals surface area contributed by atoms with Crippen LogP contribution >= 0.6 is 22.9 Å². The zero-order valence-electron chi connectivity index (χ0n) is 23.0. The molecule has 2 heterocycles. The maximum Gasteiger partial charge on any atom is 0.195 e. The van der Waals surface area contributed by atoms with Gasteiger partial charge in [0.1, 0.15) is 0 Å². The van der Waals surface area contributed by atoms with Crippen LogP contribution in [0.1, 0.15) is 0 Å². The fourth-order valence-corrected chi connectivity index (χ4v) is 7.06. The van der Waals surface area contributed by atoms with E-state index in [-0.39, 0.29) is 0 Å². The van der Waals surface area contributed by atoms with Gasteiger partial charge >= 0.3 is 0 Å². The number of anilines is 6. The molecule has 43 heavy (non-hydrogen) atoms. The third kappa shape index (κ3) is 4.41. The predicted octanol–water partition coefficient (Wildman–Crippen LogP) is 11.3. The molecule has 6 heteroatoms. The SMILES string of the molecule is Clc1c(N(c2ccccc2)c2ccccc2)cccc1N(c1ccccc1)c1ccc2sc3nc4ccccc4n3c2c1. The summed E-state index contributed by atoms with van der Waals surface area (Å²) >= 11 is 9.16. The molecule has 0 aliphatic rings. The Kier molecular flexibility index (Phi) is 6.33. The Morgan fingerprint density at radius 3 is 1.65 bits per heavy atom. The highest BCUT2D eigenvalue weighted by Gasteiger charge is 2.23. The quantitative estimate of drug-likeness (QED) is 0.192. The van der Waals surface area contributed by atoms with Gasteiger partial charge < -0.3 is 9.80 Å². The van der Waals surface area contributed by atoms with Gasteiger partial charge in [-0.2, -0.15) is 0 Å². The highest BCUT2D eigenvalue weighted by molar-refractivity contribution is 7.23. The van der Waals surface area contributed by atoms with Crippen LogP contribution in [0.3, 0.4) is 0 Å². The summed E-state index contributed by atoms with van der Waals surface area (Å²) in [6, 6.07) is 52.2. The van der Waals surface area contributed by atoms with Gasteiger partial charge in [-0.15, -0.1) is 0 Å². The third-order valence-electron chi connectivity index (χ3n) is 7.66. The molecular formula is C37H25ClN4S. The van der Waals surface area contributed by atoms with Crippen molar-refractivity contribution < 1.29 is 0 Å². The van der Waals surface area contributed by atoms with Gasteiger partial charge in [0.25, 0.3) is 0 Å².